The third kappa shape index (κ3) is 1.80. The van der Waals surface area contributed by atoms with Gasteiger partial charge in [-0.05, 0) is 40.9 Å². The first-order valence-electron chi connectivity index (χ1n) is 4.95. The molecule has 2 atom stereocenters. The molecule has 2 heteroatoms. The van der Waals surface area contributed by atoms with Crippen LogP contribution in [0.1, 0.15) is 32.6 Å². The zero-order valence-electron chi connectivity index (χ0n) is 8.85. The zero-order valence-corrected chi connectivity index (χ0v) is 8.85. The molecule has 0 aliphatic heterocycles. The summed E-state index contributed by atoms with van der Waals surface area (Å²) in [6.45, 7) is 2.34. The fourth-order valence-corrected chi connectivity index (χ4v) is 2.43. The van der Waals surface area contributed by atoms with E-state index in [2.05, 4.69) is 38.3 Å². The van der Waals surface area contributed by atoms with Gasteiger partial charge in [0.15, 0.2) is 0 Å². The summed E-state index contributed by atoms with van der Waals surface area (Å²) < 4.78 is 0. The molecule has 0 spiro atoms. The fraction of sp³-hybridized carbons (Fsp3) is 1.00. The molecule has 2 unspecified atom stereocenters. The quantitative estimate of drug-likeness (QED) is 0.675. The van der Waals surface area contributed by atoms with Crippen LogP contribution in [0.3, 0.4) is 0 Å². The Morgan fingerprint density at radius 1 is 1.33 bits per heavy atom. The summed E-state index contributed by atoms with van der Waals surface area (Å²) in [5.74, 6) is 0. The molecular weight excluding hydrogens is 148 g/mol. The van der Waals surface area contributed by atoms with Gasteiger partial charge >= 0.3 is 0 Å². The van der Waals surface area contributed by atoms with Crippen molar-refractivity contribution in [2.45, 2.75) is 44.2 Å². The molecule has 0 heterocycles. The summed E-state index contributed by atoms with van der Waals surface area (Å²) in [6.07, 6.45) is 5.42. The lowest BCUT2D eigenvalue weighted by molar-refractivity contribution is 0.113. The molecule has 0 saturated heterocycles. The molecule has 1 aliphatic rings. The highest BCUT2D eigenvalue weighted by Gasteiger charge is 2.35. The predicted octanol–water partition coefficient (Wildman–Crippen LogP) is 1.47. The smallest absolute Gasteiger partial charge is 0.0305 e. The number of nitrogens with one attached hydrogen (secondary N) is 1. The van der Waals surface area contributed by atoms with Crippen molar-refractivity contribution in [1.82, 2.24) is 10.2 Å². The van der Waals surface area contributed by atoms with Gasteiger partial charge in [0, 0.05) is 11.6 Å². The fourth-order valence-electron chi connectivity index (χ4n) is 2.43. The van der Waals surface area contributed by atoms with Crippen LogP contribution >= 0.6 is 0 Å². The summed E-state index contributed by atoms with van der Waals surface area (Å²) in [5, 5.41) is 3.47. The molecular formula is C10H22N2. The molecule has 0 aromatic heterocycles. The first kappa shape index (κ1) is 10.0. The van der Waals surface area contributed by atoms with E-state index >= 15 is 0 Å². The maximum absolute atomic E-state index is 3.47. The van der Waals surface area contributed by atoms with E-state index in [1.165, 1.54) is 25.7 Å². The van der Waals surface area contributed by atoms with E-state index in [0.717, 1.165) is 0 Å². The van der Waals surface area contributed by atoms with Gasteiger partial charge in [-0.25, -0.2) is 0 Å². The van der Waals surface area contributed by atoms with E-state index in [4.69, 9.17) is 0 Å². The second-order valence-corrected chi connectivity index (χ2v) is 4.39. The van der Waals surface area contributed by atoms with Crippen LogP contribution in [0.15, 0.2) is 0 Å². The van der Waals surface area contributed by atoms with Crippen molar-refractivity contribution in [3.8, 4) is 0 Å². The summed E-state index contributed by atoms with van der Waals surface area (Å²) in [7, 11) is 6.46. The van der Waals surface area contributed by atoms with E-state index in [1.54, 1.807) is 0 Å². The molecule has 2 nitrogen and oxygen atoms in total. The van der Waals surface area contributed by atoms with Crippen molar-refractivity contribution in [1.29, 1.82) is 0 Å². The maximum Gasteiger partial charge on any atom is 0.0305 e. The summed E-state index contributed by atoms with van der Waals surface area (Å²) in [6, 6.07) is 0.705. The summed E-state index contributed by atoms with van der Waals surface area (Å²) in [5.41, 5.74) is 0.335. The van der Waals surface area contributed by atoms with Crippen molar-refractivity contribution in [3.63, 3.8) is 0 Å². The van der Waals surface area contributed by atoms with Gasteiger partial charge in [-0.3, -0.25) is 0 Å². The first-order valence-corrected chi connectivity index (χ1v) is 4.95. The lowest BCUT2D eigenvalue weighted by atomic mass is 9.78. The Morgan fingerprint density at radius 3 is 2.42 bits per heavy atom. The SMILES string of the molecule is CNC1(C)CCCCC1N(C)C. The van der Waals surface area contributed by atoms with Gasteiger partial charge < -0.3 is 10.2 Å². The van der Waals surface area contributed by atoms with Crippen molar-refractivity contribution >= 4 is 0 Å². The van der Waals surface area contributed by atoms with E-state index in [0.29, 0.717) is 11.6 Å². The second-order valence-electron chi connectivity index (χ2n) is 4.39. The number of rotatable bonds is 2. The Hall–Kier alpha value is -0.0800. The maximum atomic E-state index is 3.47. The predicted molar refractivity (Wildman–Crippen MR) is 53.4 cm³/mol. The monoisotopic (exact) mass is 170 g/mol. The molecule has 72 valence electrons. The average molecular weight is 170 g/mol. The Bertz CT molecular complexity index is 145. The van der Waals surface area contributed by atoms with E-state index in [9.17, 15) is 0 Å². The van der Waals surface area contributed by atoms with Gasteiger partial charge in [-0.1, -0.05) is 12.8 Å². The number of hydrogen-bond donors (Lipinski definition) is 1. The van der Waals surface area contributed by atoms with Crippen molar-refractivity contribution in [3.05, 3.63) is 0 Å². The van der Waals surface area contributed by atoms with E-state index < -0.39 is 0 Å². The molecule has 0 amide bonds. The third-order valence-electron chi connectivity index (χ3n) is 3.35. The molecule has 0 bridgehead atoms. The molecule has 1 saturated carbocycles. The third-order valence-corrected chi connectivity index (χ3v) is 3.35. The van der Waals surface area contributed by atoms with Gasteiger partial charge in [-0.15, -0.1) is 0 Å². The molecule has 0 aromatic carbocycles. The Morgan fingerprint density at radius 2 is 2.00 bits per heavy atom. The Balaban J connectivity index is 2.66. The van der Waals surface area contributed by atoms with Crippen LogP contribution in [-0.4, -0.2) is 37.6 Å². The molecule has 1 N–H and O–H groups in total. The minimum absolute atomic E-state index is 0.335. The van der Waals surface area contributed by atoms with E-state index in [-0.39, 0.29) is 0 Å². The van der Waals surface area contributed by atoms with E-state index in [1.807, 2.05) is 0 Å². The van der Waals surface area contributed by atoms with Gasteiger partial charge in [0.2, 0.25) is 0 Å². The molecule has 0 aromatic rings. The van der Waals surface area contributed by atoms with Crippen LogP contribution < -0.4 is 5.32 Å². The molecule has 1 fully saturated rings. The number of hydrogen-bond acceptors (Lipinski definition) is 2. The van der Waals surface area contributed by atoms with Crippen molar-refractivity contribution in [2.24, 2.45) is 0 Å². The molecule has 12 heavy (non-hydrogen) atoms. The Labute approximate surface area is 76.3 Å². The van der Waals surface area contributed by atoms with Crippen LogP contribution in [0.5, 0.6) is 0 Å². The summed E-state index contributed by atoms with van der Waals surface area (Å²) in [4.78, 5) is 2.36. The second kappa shape index (κ2) is 3.75. The number of likely N-dealkylation sites (N-methyl/N-ethyl adjacent to an activating group) is 2. The summed E-state index contributed by atoms with van der Waals surface area (Å²) >= 11 is 0. The molecule has 1 rings (SSSR count). The van der Waals surface area contributed by atoms with Crippen LogP contribution in [-0.2, 0) is 0 Å². The lowest BCUT2D eigenvalue weighted by Crippen LogP contribution is -2.57. The first-order chi connectivity index (χ1) is 5.60. The highest BCUT2D eigenvalue weighted by molar-refractivity contribution is 4.96. The van der Waals surface area contributed by atoms with Crippen LogP contribution in [0.2, 0.25) is 0 Å². The average Bonchev–Trinajstić information content (AvgIpc) is 2.05. The van der Waals surface area contributed by atoms with Crippen LogP contribution in [0.4, 0.5) is 0 Å². The minimum atomic E-state index is 0.335. The normalized spacial score (nSPS) is 37.2. The van der Waals surface area contributed by atoms with Crippen LogP contribution in [0, 0.1) is 0 Å². The van der Waals surface area contributed by atoms with Gasteiger partial charge in [-0.2, -0.15) is 0 Å². The topological polar surface area (TPSA) is 15.3 Å². The van der Waals surface area contributed by atoms with Crippen molar-refractivity contribution < 1.29 is 0 Å². The standard InChI is InChI=1S/C10H22N2/c1-10(11-2)8-6-5-7-9(10)12(3)4/h9,11H,5-8H2,1-4H3. The Kier molecular flexibility index (Phi) is 3.13. The largest absolute Gasteiger partial charge is 0.313 e. The molecule has 1 aliphatic carbocycles. The van der Waals surface area contributed by atoms with Gasteiger partial charge in [0.1, 0.15) is 0 Å². The molecule has 0 radical (unpaired) electrons. The highest BCUT2D eigenvalue weighted by atomic mass is 15.2. The lowest BCUT2D eigenvalue weighted by Gasteiger charge is -2.44. The highest BCUT2D eigenvalue weighted by Crippen LogP contribution is 2.30. The van der Waals surface area contributed by atoms with Gasteiger partial charge in [0.05, 0.1) is 0 Å². The number of nitrogens with zero attached hydrogens (tertiary/aromatic N) is 1. The van der Waals surface area contributed by atoms with Gasteiger partial charge in [0.25, 0.3) is 0 Å². The minimum Gasteiger partial charge on any atom is -0.313 e. The van der Waals surface area contributed by atoms with Crippen LogP contribution in [0.25, 0.3) is 0 Å². The van der Waals surface area contributed by atoms with Crippen molar-refractivity contribution in [2.75, 3.05) is 21.1 Å². The zero-order chi connectivity index (χ0) is 9.19.